The fourth-order valence-corrected chi connectivity index (χ4v) is 3.05. The molecule has 0 N–H and O–H groups in total. The van der Waals surface area contributed by atoms with Crippen molar-refractivity contribution in [3.63, 3.8) is 0 Å². The van der Waals surface area contributed by atoms with E-state index in [1.54, 1.807) is 18.2 Å². The zero-order chi connectivity index (χ0) is 15.0. The Bertz CT molecular complexity index is 675. The summed E-state index contributed by atoms with van der Waals surface area (Å²) in [6.45, 7) is 2.22. The Morgan fingerprint density at radius 3 is 2.71 bits per heavy atom. The Morgan fingerprint density at radius 1 is 1.29 bits per heavy atom. The first-order chi connectivity index (χ1) is 10.0. The number of benzene rings is 1. The average Bonchev–Trinajstić information content (AvgIpc) is 2.99. The lowest BCUT2D eigenvalue weighted by molar-refractivity contribution is 0.0981. The maximum Gasteiger partial charge on any atom is 0.164 e. The summed E-state index contributed by atoms with van der Waals surface area (Å²) >= 11 is 11.9. The molecule has 1 aromatic heterocycles. The monoisotopic (exact) mass is 322 g/mol. The standard InChI is InChI=1S/C17H16Cl2O2/c1-10-8-14(10)17-7-4-12(21-17)3-6-16(20)13-5-2-11(18)9-15(13)19/h2,4-5,7,9-10,14H,3,6,8H2,1H3/t10-,14-/m0/s1. The van der Waals surface area contributed by atoms with E-state index in [4.69, 9.17) is 27.6 Å². The lowest BCUT2D eigenvalue weighted by Gasteiger charge is -2.03. The highest BCUT2D eigenvalue weighted by Crippen LogP contribution is 2.47. The van der Waals surface area contributed by atoms with Crippen molar-refractivity contribution in [3.8, 4) is 0 Å². The highest BCUT2D eigenvalue weighted by molar-refractivity contribution is 6.36. The molecule has 0 aliphatic heterocycles. The molecule has 0 spiro atoms. The van der Waals surface area contributed by atoms with E-state index in [1.165, 1.54) is 6.42 Å². The minimum absolute atomic E-state index is 0.00871. The Hall–Kier alpha value is -1.25. The molecule has 1 aliphatic rings. The van der Waals surface area contributed by atoms with E-state index in [9.17, 15) is 4.79 Å². The van der Waals surface area contributed by atoms with Gasteiger partial charge in [0.15, 0.2) is 5.78 Å². The lowest BCUT2D eigenvalue weighted by Crippen LogP contribution is -2.01. The largest absolute Gasteiger partial charge is 0.466 e. The van der Waals surface area contributed by atoms with E-state index >= 15 is 0 Å². The topological polar surface area (TPSA) is 30.2 Å². The molecule has 2 nitrogen and oxygen atoms in total. The smallest absolute Gasteiger partial charge is 0.164 e. The van der Waals surface area contributed by atoms with Crippen molar-refractivity contribution >= 4 is 29.0 Å². The summed E-state index contributed by atoms with van der Waals surface area (Å²) in [6, 6.07) is 8.95. The van der Waals surface area contributed by atoms with Crippen LogP contribution >= 0.6 is 23.2 Å². The zero-order valence-electron chi connectivity index (χ0n) is 11.7. The molecule has 1 fully saturated rings. The van der Waals surface area contributed by atoms with E-state index < -0.39 is 0 Å². The van der Waals surface area contributed by atoms with Gasteiger partial charge in [0, 0.05) is 29.3 Å². The van der Waals surface area contributed by atoms with Gasteiger partial charge in [0.25, 0.3) is 0 Å². The summed E-state index contributed by atoms with van der Waals surface area (Å²) in [5.74, 6) is 3.21. The molecule has 0 amide bonds. The second-order valence-corrected chi connectivity index (χ2v) is 6.51. The van der Waals surface area contributed by atoms with Crippen molar-refractivity contribution in [1.29, 1.82) is 0 Å². The maximum absolute atomic E-state index is 12.2. The van der Waals surface area contributed by atoms with Gasteiger partial charge in [0.05, 0.1) is 5.02 Å². The summed E-state index contributed by atoms with van der Waals surface area (Å²) in [4.78, 5) is 12.2. The van der Waals surface area contributed by atoms with E-state index in [-0.39, 0.29) is 5.78 Å². The molecule has 4 heteroatoms. The number of ketones is 1. The molecule has 0 radical (unpaired) electrons. The second-order valence-electron chi connectivity index (χ2n) is 5.67. The van der Waals surface area contributed by atoms with Gasteiger partial charge in [-0.2, -0.15) is 0 Å². The van der Waals surface area contributed by atoms with Crippen molar-refractivity contribution in [2.75, 3.05) is 0 Å². The molecule has 21 heavy (non-hydrogen) atoms. The number of rotatable bonds is 5. The SMILES string of the molecule is C[C@H]1C[C@@H]1c1ccc(CCC(=O)c2ccc(Cl)cc2Cl)o1. The molecule has 110 valence electrons. The minimum atomic E-state index is 0.00871. The molecular weight excluding hydrogens is 307 g/mol. The highest BCUT2D eigenvalue weighted by Gasteiger charge is 2.36. The first-order valence-corrected chi connectivity index (χ1v) is 7.87. The van der Waals surface area contributed by atoms with Crippen LogP contribution in [0.5, 0.6) is 0 Å². The number of furan rings is 1. The quantitative estimate of drug-likeness (QED) is 0.678. The molecule has 1 aromatic carbocycles. The van der Waals surface area contributed by atoms with Crippen LogP contribution in [0.1, 0.15) is 47.6 Å². The number of halogens is 2. The third-order valence-corrected chi connectivity index (χ3v) is 4.54. The van der Waals surface area contributed by atoms with Crippen molar-refractivity contribution < 1.29 is 9.21 Å². The summed E-state index contributed by atoms with van der Waals surface area (Å²) in [7, 11) is 0. The average molecular weight is 323 g/mol. The first kappa shape index (κ1) is 14.7. The number of carbonyl (C=O) groups is 1. The second kappa shape index (κ2) is 5.86. The Labute approximate surface area is 134 Å². The van der Waals surface area contributed by atoms with E-state index in [0.29, 0.717) is 34.4 Å². The van der Waals surface area contributed by atoms with Gasteiger partial charge in [-0.3, -0.25) is 4.79 Å². The van der Waals surface area contributed by atoms with E-state index in [1.807, 2.05) is 12.1 Å². The van der Waals surface area contributed by atoms with Gasteiger partial charge in [-0.1, -0.05) is 30.1 Å². The summed E-state index contributed by atoms with van der Waals surface area (Å²) < 4.78 is 5.81. The van der Waals surface area contributed by atoms with Gasteiger partial charge in [0.1, 0.15) is 11.5 Å². The van der Waals surface area contributed by atoms with Gasteiger partial charge in [-0.05, 0) is 42.7 Å². The molecule has 1 aliphatic carbocycles. The van der Waals surface area contributed by atoms with Crippen LogP contribution in [-0.2, 0) is 6.42 Å². The number of carbonyl (C=O) groups excluding carboxylic acids is 1. The van der Waals surface area contributed by atoms with Crippen LogP contribution in [0.3, 0.4) is 0 Å². The molecule has 1 heterocycles. The fourth-order valence-electron chi connectivity index (χ4n) is 2.53. The third-order valence-electron chi connectivity index (χ3n) is 3.99. The van der Waals surface area contributed by atoms with E-state index in [2.05, 4.69) is 6.92 Å². The minimum Gasteiger partial charge on any atom is -0.466 e. The Morgan fingerprint density at radius 2 is 2.05 bits per heavy atom. The molecule has 0 unspecified atom stereocenters. The predicted molar refractivity (Wildman–Crippen MR) is 84.3 cm³/mol. The van der Waals surface area contributed by atoms with Gasteiger partial charge in [-0.25, -0.2) is 0 Å². The molecule has 0 bridgehead atoms. The number of hydrogen-bond donors (Lipinski definition) is 0. The normalized spacial score (nSPS) is 20.5. The van der Waals surface area contributed by atoms with Crippen LogP contribution in [-0.4, -0.2) is 5.78 Å². The van der Waals surface area contributed by atoms with Crippen molar-refractivity contribution in [2.45, 2.75) is 32.1 Å². The van der Waals surface area contributed by atoms with Gasteiger partial charge >= 0.3 is 0 Å². The van der Waals surface area contributed by atoms with Crippen molar-refractivity contribution in [1.82, 2.24) is 0 Å². The summed E-state index contributed by atoms with van der Waals surface area (Å²) in [6.07, 6.45) is 2.18. The van der Waals surface area contributed by atoms with Gasteiger partial charge in [0.2, 0.25) is 0 Å². The zero-order valence-corrected chi connectivity index (χ0v) is 13.2. The van der Waals surface area contributed by atoms with Crippen molar-refractivity contribution in [2.24, 2.45) is 5.92 Å². The van der Waals surface area contributed by atoms with Crippen LogP contribution in [0.15, 0.2) is 34.7 Å². The van der Waals surface area contributed by atoms with Crippen molar-refractivity contribution in [3.05, 3.63) is 57.5 Å². The molecule has 2 aromatic rings. The number of hydrogen-bond acceptors (Lipinski definition) is 2. The molecule has 3 rings (SSSR count). The molecular formula is C17H16Cl2O2. The molecule has 1 saturated carbocycles. The van der Waals surface area contributed by atoms with Crippen LogP contribution < -0.4 is 0 Å². The van der Waals surface area contributed by atoms with Crippen LogP contribution in [0.2, 0.25) is 10.0 Å². The van der Waals surface area contributed by atoms with Crippen LogP contribution in [0.25, 0.3) is 0 Å². The maximum atomic E-state index is 12.2. The Balaban J connectivity index is 1.61. The fraction of sp³-hybridized carbons (Fsp3) is 0.353. The highest BCUT2D eigenvalue weighted by atomic mass is 35.5. The number of Topliss-reactive ketones (excluding diaryl/α,β-unsaturated/α-hetero) is 1. The lowest BCUT2D eigenvalue weighted by atomic mass is 10.1. The third kappa shape index (κ3) is 3.33. The van der Waals surface area contributed by atoms with Gasteiger partial charge < -0.3 is 4.42 Å². The summed E-state index contributed by atoms with van der Waals surface area (Å²) in [5.41, 5.74) is 0.517. The molecule has 0 saturated heterocycles. The molecule has 2 atom stereocenters. The van der Waals surface area contributed by atoms with Crippen LogP contribution in [0.4, 0.5) is 0 Å². The van der Waals surface area contributed by atoms with E-state index in [0.717, 1.165) is 17.4 Å². The number of aryl methyl sites for hydroxylation is 1. The summed E-state index contributed by atoms with van der Waals surface area (Å²) in [5, 5.41) is 0.935. The predicted octanol–water partition coefficient (Wildman–Crippen LogP) is 5.53. The van der Waals surface area contributed by atoms with Crippen LogP contribution in [0, 0.1) is 5.92 Å². The Kier molecular flexibility index (Phi) is 4.10. The first-order valence-electron chi connectivity index (χ1n) is 7.11. The van der Waals surface area contributed by atoms with Gasteiger partial charge in [-0.15, -0.1) is 0 Å².